The number of carbonyl (C=O) groups excluding carboxylic acids is 2. The van der Waals surface area contributed by atoms with Crippen LogP contribution < -0.4 is 16.4 Å². The summed E-state index contributed by atoms with van der Waals surface area (Å²) in [5, 5.41) is 5.78. The molecule has 0 saturated heterocycles. The number of nitrogens with two attached hydrogens (primary N) is 1. The van der Waals surface area contributed by atoms with Crippen molar-refractivity contribution in [1.82, 2.24) is 0 Å². The average Bonchev–Trinajstić information content (AvgIpc) is 2.44. The van der Waals surface area contributed by atoms with E-state index in [0.717, 1.165) is 17.7 Å². The van der Waals surface area contributed by atoms with Gasteiger partial charge in [-0.3, -0.25) is 9.59 Å². The third-order valence-electron chi connectivity index (χ3n) is 3.31. The Bertz CT molecular complexity index is 533. The normalized spacial score (nSPS) is 11.1. The molecule has 2 amide bonds. The number of aryl methyl sites for hydroxylation is 1. The molecule has 0 unspecified atom stereocenters. The Hall–Kier alpha value is -1.88. The van der Waals surface area contributed by atoms with Crippen LogP contribution in [-0.4, -0.2) is 18.4 Å². The molecule has 1 aromatic carbocycles. The molecule has 0 atom stereocenters. The van der Waals surface area contributed by atoms with Crippen molar-refractivity contribution >= 4 is 23.2 Å². The van der Waals surface area contributed by atoms with E-state index in [-0.39, 0.29) is 11.8 Å². The molecule has 0 saturated carbocycles. The van der Waals surface area contributed by atoms with Crippen molar-refractivity contribution in [2.24, 2.45) is 11.1 Å². The zero-order valence-corrected chi connectivity index (χ0v) is 14.0. The first-order chi connectivity index (χ1) is 10.3. The van der Waals surface area contributed by atoms with Crippen molar-refractivity contribution in [3.63, 3.8) is 0 Å². The van der Waals surface area contributed by atoms with Gasteiger partial charge in [-0.15, -0.1) is 0 Å². The van der Waals surface area contributed by atoms with Gasteiger partial charge in [0.2, 0.25) is 11.8 Å². The largest absolute Gasteiger partial charge is 0.330 e. The molecule has 0 heterocycles. The van der Waals surface area contributed by atoms with E-state index in [1.165, 1.54) is 0 Å². The molecule has 0 aliphatic carbocycles. The number of hydrogen-bond donors (Lipinski definition) is 3. The summed E-state index contributed by atoms with van der Waals surface area (Å²) in [7, 11) is 0. The molecule has 22 heavy (non-hydrogen) atoms. The fourth-order valence-corrected chi connectivity index (χ4v) is 1.87. The predicted octanol–water partition coefficient (Wildman–Crippen LogP) is 2.91. The molecule has 122 valence electrons. The topological polar surface area (TPSA) is 84.2 Å². The van der Waals surface area contributed by atoms with E-state index >= 15 is 0 Å². The molecule has 0 aromatic heterocycles. The summed E-state index contributed by atoms with van der Waals surface area (Å²) in [5.41, 5.74) is 7.42. The van der Waals surface area contributed by atoms with E-state index in [4.69, 9.17) is 5.73 Å². The highest BCUT2D eigenvalue weighted by atomic mass is 16.2. The van der Waals surface area contributed by atoms with Crippen LogP contribution in [-0.2, 0) is 16.0 Å². The SMILES string of the molecule is CCc1ccc(NC(=O)C(C)(C)C)cc1NC(=O)CCCN. The van der Waals surface area contributed by atoms with Crippen molar-refractivity contribution in [3.05, 3.63) is 23.8 Å². The van der Waals surface area contributed by atoms with Crippen LogP contribution in [0.25, 0.3) is 0 Å². The van der Waals surface area contributed by atoms with Gasteiger partial charge in [-0.2, -0.15) is 0 Å². The van der Waals surface area contributed by atoms with Crippen molar-refractivity contribution in [2.75, 3.05) is 17.2 Å². The van der Waals surface area contributed by atoms with Crippen LogP contribution in [0.2, 0.25) is 0 Å². The van der Waals surface area contributed by atoms with E-state index < -0.39 is 5.41 Å². The van der Waals surface area contributed by atoms with Crippen molar-refractivity contribution in [2.45, 2.75) is 47.0 Å². The second-order valence-electron chi connectivity index (χ2n) is 6.37. The lowest BCUT2D eigenvalue weighted by Gasteiger charge is -2.19. The Kier molecular flexibility index (Phi) is 6.56. The molecule has 0 radical (unpaired) electrons. The number of nitrogens with one attached hydrogen (secondary N) is 2. The van der Waals surface area contributed by atoms with Gasteiger partial charge in [0, 0.05) is 23.2 Å². The number of hydrogen-bond acceptors (Lipinski definition) is 3. The van der Waals surface area contributed by atoms with Crippen LogP contribution in [0.3, 0.4) is 0 Å². The molecule has 0 aliphatic heterocycles. The molecular weight excluding hydrogens is 278 g/mol. The van der Waals surface area contributed by atoms with Gasteiger partial charge in [0.05, 0.1) is 0 Å². The first-order valence-corrected chi connectivity index (χ1v) is 7.72. The van der Waals surface area contributed by atoms with Crippen molar-refractivity contribution in [1.29, 1.82) is 0 Å². The zero-order chi connectivity index (χ0) is 16.8. The molecule has 5 heteroatoms. The summed E-state index contributed by atoms with van der Waals surface area (Å²) in [6, 6.07) is 5.59. The minimum Gasteiger partial charge on any atom is -0.330 e. The van der Waals surface area contributed by atoms with Gasteiger partial charge in [0.1, 0.15) is 0 Å². The first-order valence-electron chi connectivity index (χ1n) is 7.72. The summed E-state index contributed by atoms with van der Waals surface area (Å²) >= 11 is 0. The van der Waals surface area contributed by atoms with Gasteiger partial charge in [-0.05, 0) is 37.1 Å². The highest BCUT2D eigenvalue weighted by Gasteiger charge is 2.21. The fraction of sp³-hybridized carbons (Fsp3) is 0.529. The van der Waals surface area contributed by atoms with Crippen LogP contribution in [0, 0.1) is 5.41 Å². The van der Waals surface area contributed by atoms with E-state index in [1.54, 1.807) is 0 Å². The highest BCUT2D eigenvalue weighted by Crippen LogP contribution is 2.24. The first kappa shape index (κ1) is 18.2. The molecule has 5 nitrogen and oxygen atoms in total. The van der Waals surface area contributed by atoms with Gasteiger partial charge < -0.3 is 16.4 Å². The summed E-state index contributed by atoms with van der Waals surface area (Å²) < 4.78 is 0. The molecule has 1 rings (SSSR count). The Morgan fingerprint density at radius 3 is 2.41 bits per heavy atom. The summed E-state index contributed by atoms with van der Waals surface area (Å²) in [5.74, 6) is -0.114. The monoisotopic (exact) mass is 305 g/mol. The minimum absolute atomic E-state index is 0.0561. The number of carbonyl (C=O) groups is 2. The number of benzene rings is 1. The fourth-order valence-electron chi connectivity index (χ4n) is 1.87. The van der Waals surface area contributed by atoms with Gasteiger partial charge in [0.15, 0.2) is 0 Å². The maximum atomic E-state index is 12.1. The predicted molar refractivity (Wildman–Crippen MR) is 90.8 cm³/mol. The van der Waals surface area contributed by atoms with Crippen molar-refractivity contribution in [3.8, 4) is 0 Å². The minimum atomic E-state index is -0.464. The van der Waals surface area contributed by atoms with Crippen LogP contribution >= 0.6 is 0 Å². The van der Waals surface area contributed by atoms with Crippen LogP contribution in [0.1, 0.15) is 46.1 Å². The Morgan fingerprint density at radius 1 is 1.18 bits per heavy atom. The number of rotatable bonds is 6. The van der Waals surface area contributed by atoms with Crippen LogP contribution in [0.15, 0.2) is 18.2 Å². The van der Waals surface area contributed by atoms with Gasteiger partial charge >= 0.3 is 0 Å². The van der Waals surface area contributed by atoms with E-state index in [1.807, 2.05) is 45.9 Å². The molecule has 4 N–H and O–H groups in total. The third kappa shape index (κ3) is 5.48. The average molecular weight is 305 g/mol. The number of amides is 2. The summed E-state index contributed by atoms with van der Waals surface area (Å²) in [4.78, 5) is 23.9. The van der Waals surface area contributed by atoms with E-state index in [2.05, 4.69) is 10.6 Å². The second-order valence-corrected chi connectivity index (χ2v) is 6.37. The van der Waals surface area contributed by atoms with Crippen molar-refractivity contribution < 1.29 is 9.59 Å². The lowest BCUT2D eigenvalue weighted by Crippen LogP contribution is -2.27. The smallest absolute Gasteiger partial charge is 0.229 e. The molecule has 1 aromatic rings. The van der Waals surface area contributed by atoms with E-state index in [0.29, 0.717) is 25.1 Å². The third-order valence-corrected chi connectivity index (χ3v) is 3.31. The van der Waals surface area contributed by atoms with Crippen LogP contribution in [0.4, 0.5) is 11.4 Å². The summed E-state index contributed by atoms with van der Waals surface area (Å²) in [6.07, 6.45) is 1.87. The summed E-state index contributed by atoms with van der Waals surface area (Å²) in [6.45, 7) is 8.10. The standard InChI is InChI=1S/C17H27N3O2/c1-5-12-8-9-13(19-16(22)17(2,3)4)11-14(12)20-15(21)7-6-10-18/h8-9,11H,5-7,10,18H2,1-4H3,(H,19,22)(H,20,21). The highest BCUT2D eigenvalue weighted by molar-refractivity contribution is 5.96. The molecule has 0 bridgehead atoms. The quantitative estimate of drug-likeness (QED) is 0.755. The molecule has 0 aliphatic rings. The van der Waals surface area contributed by atoms with Gasteiger partial charge in [-0.1, -0.05) is 33.8 Å². The lowest BCUT2D eigenvalue weighted by molar-refractivity contribution is -0.123. The van der Waals surface area contributed by atoms with Gasteiger partial charge in [-0.25, -0.2) is 0 Å². The Morgan fingerprint density at radius 2 is 1.86 bits per heavy atom. The number of anilines is 2. The maximum Gasteiger partial charge on any atom is 0.229 e. The Labute approximate surface area is 132 Å². The van der Waals surface area contributed by atoms with E-state index in [9.17, 15) is 9.59 Å². The maximum absolute atomic E-state index is 12.1. The van der Waals surface area contributed by atoms with Crippen LogP contribution in [0.5, 0.6) is 0 Å². The zero-order valence-electron chi connectivity index (χ0n) is 14.0. The molecular formula is C17H27N3O2. The molecule has 0 fully saturated rings. The Balaban J connectivity index is 2.89. The second kappa shape index (κ2) is 7.94. The lowest BCUT2D eigenvalue weighted by atomic mass is 9.95. The van der Waals surface area contributed by atoms with Gasteiger partial charge in [0.25, 0.3) is 0 Å². The molecule has 0 spiro atoms.